The van der Waals surface area contributed by atoms with Gasteiger partial charge in [-0.1, -0.05) is 0 Å². The zero-order chi connectivity index (χ0) is 10.2. The van der Waals surface area contributed by atoms with Gasteiger partial charge in [0.15, 0.2) is 6.29 Å². The van der Waals surface area contributed by atoms with Gasteiger partial charge < -0.3 is 30.3 Å². The summed E-state index contributed by atoms with van der Waals surface area (Å²) in [5.41, 5.74) is -1.45. The van der Waals surface area contributed by atoms with Crippen LogP contribution in [0, 0.1) is 0 Å². The summed E-state index contributed by atoms with van der Waals surface area (Å²) in [5, 5.41) is 45.6. The highest BCUT2D eigenvalue weighted by Crippen LogP contribution is 2.28. The highest BCUT2D eigenvalue weighted by molar-refractivity contribution is 4.96. The highest BCUT2D eigenvalue weighted by Gasteiger charge is 2.50. The molecule has 1 aliphatic heterocycles. The van der Waals surface area contributed by atoms with Crippen LogP contribution >= 0.6 is 0 Å². The molecule has 0 radical (unpaired) electrons. The summed E-state index contributed by atoms with van der Waals surface area (Å²) in [7, 11) is 0. The van der Waals surface area contributed by atoms with Crippen molar-refractivity contribution in [1.29, 1.82) is 0 Å². The van der Waals surface area contributed by atoms with Gasteiger partial charge in [-0.15, -0.1) is 0 Å². The molecule has 1 heterocycles. The molecule has 0 aliphatic carbocycles. The van der Waals surface area contributed by atoms with E-state index in [-0.39, 0.29) is 0 Å². The van der Waals surface area contributed by atoms with Gasteiger partial charge in [0.1, 0.15) is 23.9 Å². The Kier molecular flexibility index (Phi) is 2.91. The first-order valence-electron chi connectivity index (χ1n) is 3.93. The smallest absolute Gasteiger partial charge is 0.184 e. The molecule has 13 heavy (non-hydrogen) atoms. The van der Waals surface area contributed by atoms with Gasteiger partial charge in [-0.25, -0.2) is 0 Å². The van der Waals surface area contributed by atoms with Gasteiger partial charge in [-0.3, -0.25) is 0 Å². The predicted octanol–water partition coefficient (Wildman–Crippen LogP) is -2.83. The van der Waals surface area contributed by atoms with Crippen molar-refractivity contribution in [3.05, 3.63) is 0 Å². The Labute approximate surface area is 75.0 Å². The fourth-order valence-corrected chi connectivity index (χ4v) is 1.26. The Hall–Kier alpha value is -0.240. The molecule has 0 aromatic carbocycles. The number of aliphatic hydroxyl groups excluding tert-OH is 5. The maximum Gasteiger partial charge on any atom is 0.184 e. The zero-order valence-electron chi connectivity index (χ0n) is 7.16. The second-order valence-corrected chi connectivity index (χ2v) is 3.41. The van der Waals surface area contributed by atoms with Gasteiger partial charge in [-0.05, 0) is 6.92 Å². The third-order valence-electron chi connectivity index (χ3n) is 2.30. The largest absolute Gasteiger partial charge is 0.393 e. The summed E-state index contributed by atoms with van der Waals surface area (Å²) < 4.78 is 4.76. The molecule has 1 saturated heterocycles. The van der Waals surface area contributed by atoms with Crippen LogP contribution in [0.25, 0.3) is 0 Å². The number of aliphatic hydroxyl groups is 5. The minimum absolute atomic E-state index is 0.561. The Balaban J connectivity index is 2.82. The van der Waals surface area contributed by atoms with Crippen molar-refractivity contribution in [2.75, 3.05) is 6.61 Å². The molecule has 0 spiro atoms. The van der Waals surface area contributed by atoms with E-state index in [4.69, 9.17) is 20.1 Å². The van der Waals surface area contributed by atoms with E-state index in [9.17, 15) is 10.2 Å². The first-order valence-corrected chi connectivity index (χ1v) is 3.93. The van der Waals surface area contributed by atoms with Crippen LogP contribution in [0.15, 0.2) is 0 Å². The number of hydrogen-bond donors (Lipinski definition) is 5. The van der Waals surface area contributed by atoms with Crippen molar-refractivity contribution in [3.63, 3.8) is 0 Å². The molecule has 0 amide bonds. The van der Waals surface area contributed by atoms with E-state index in [1.54, 1.807) is 0 Å². The van der Waals surface area contributed by atoms with Gasteiger partial charge in [0.05, 0.1) is 6.61 Å². The molecule has 0 bridgehead atoms. The van der Waals surface area contributed by atoms with Crippen LogP contribution in [0.2, 0.25) is 0 Å². The summed E-state index contributed by atoms with van der Waals surface area (Å²) in [5.74, 6) is 0. The monoisotopic (exact) mass is 194 g/mol. The maximum absolute atomic E-state index is 9.38. The van der Waals surface area contributed by atoms with Gasteiger partial charge in [0.2, 0.25) is 0 Å². The molecule has 6 heteroatoms. The van der Waals surface area contributed by atoms with Crippen LogP contribution in [-0.4, -0.2) is 62.3 Å². The first-order chi connectivity index (χ1) is 5.92. The number of hydrogen-bond acceptors (Lipinski definition) is 6. The summed E-state index contributed by atoms with van der Waals surface area (Å²) in [6.07, 6.45) is -6.12. The third-order valence-corrected chi connectivity index (χ3v) is 2.30. The van der Waals surface area contributed by atoms with Gasteiger partial charge in [-0.2, -0.15) is 0 Å². The fraction of sp³-hybridized carbons (Fsp3) is 1.00. The molecular formula is C7H14O6. The molecule has 0 aromatic heterocycles. The second kappa shape index (κ2) is 3.49. The molecule has 5 N–H and O–H groups in total. The van der Waals surface area contributed by atoms with Crippen molar-refractivity contribution in [2.45, 2.75) is 37.1 Å². The number of ether oxygens (including phenoxy) is 1. The summed E-state index contributed by atoms with van der Waals surface area (Å²) >= 11 is 0. The molecule has 0 saturated carbocycles. The molecule has 0 aromatic rings. The van der Waals surface area contributed by atoms with E-state index >= 15 is 0 Å². The van der Waals surface area contributed by atoms with Crippen LogP contribution in [0.3, 0.4) is 0 Å². The lowest BCUT2D eigenvalue weighted by Gasteiger charge is -2.44. The van der Waals surface area contributed by atoms with E-state index in [2.05, 4.69) is 0 Å². The normalized spacial score (nSPS) is 52.2. The molecular weight excluding hydrogens is 180 g/mol. The minimum atomic E-state index is -1.60. The van der Waals surface area contributed by atoms with Crippen LogP contribution < -0.4 is 0 Å². The highest BCUT2D eigenvalue weighted by atomic mass is 16.6. The average molecular weight is 194 g/mol. The van der Waals surface area contributed by atoms with Crippen molar-refractivity contribution in [1.82, 2.24) is 0 Å². The van der Waals surface area contributed by atoms with E-state index in [0.717, 1.165) is 0 Å². The molecule has 6 nitrogen and oxygen atoms in total. The lowest BCUT2D eigenvalue weighted by molar-refractivity contribution is -0.321. The quantitative estimate of drug-likeness (QED) is 0.308. The fourth-order valence-electron chi connectivity index (χ4n) is 1.26. The lowest BCUT2D eigenvalue weighted by atomic mass is 9.89. The zero-order valence-corrected chi connectivity index (χ0v) is 7.16. The lowest BCUT2D eigenvalue weighted by Crippen LogP contribution is -2.64. The van der Waals surface area contributed by atoms with Crippen molar-refractivity contribution in [2.24, 2.45) is 0 Å². The minimum Gasteiger partial charge on any atom is -0.393 e. The summed E-state index contributed by atoms with van der Waals surface area (Å²) in [6.45, 7) is 0.769. The van der Waals surface area contributed by atoms with Crippen molar-refractivity contribution >= 4 is 0 Å². The topological polar surface area (TPSA) is 110 Å². The first kappa shape index (κ1) is 10.8. The molecule has 3 unspecified atom stereocenters. The van der Waals surface area contributed by atoms with Crippen LogP contribution in [0.5, 0.6) is 0 Å². The predicted molar refractivity (Wildman–Crippen MR) is 40.6 cm³/mol. The SMILES string of the molecule is CC1(CO)O[C@H](O)C(O)C(O)[C@@H]1O. The standard InChI is InChI=1S/C7H14O6/c1-7(2-8)5(11)3(9)4(10)6(12)13-7/h3-6,8-12H,2H2,1H3/t3?,4?,5-,6-,7?/m0/s1. The summed E-state index contributed by atoms with van der Waals surface area (Å²) in [6, 6.07) is 0. The molecule has 1 rings (SSSR count). The van der Waals surface area contributed by atoms with Crippen LogP contribution in [-0.2, 0) is 4.74 Å². The van der Waals surface area contributed by atoms with Crippen molar-refractivity contribution in [3.8, 4) is 0 Å². The van der Waals surface area contributed by atoms with Gasteiger partial charge in [0.25, 0.3) is 0 Å². The van der Waals surface area contributed by atoms with Crippen LogP contribution in [0.4, 0.5) is 0 Å². The average Bonchev–Trinajstić information content (AvgIpc) is 2.12. The molecule has 1 fully saturated rings. The van der Waals surface area contributed by atoms with E-state index in [1.807, 2.05) is 0 Å². The second-order valence-electron chi connectivity index (χ2n) is 3.41. The van der Waals surface area contributed by atoms with E-state index in [1.165, 1.54) is 6.92 Å². The Morgan fingerprint density at radius 1 is 1.15 bits per heavy atom. The molecule has 5 atom stereocenters. The Bertz CT molecular complexity index is 186. The summed E-state index contributed by atoms with van der Waals surface area (Å²) in [4.78, 5) is 0. The molecule has 78 valence electrons. The van der Waals surface area contributed by atoms with Gasteiger partial charge in [0, 0.05) is 0 Å². The van der Waals surface area contributed by atoms with Crippen LogP contribution in [0.1, 0.15) is 6.92 Å². The number of rotatable bonds is 1. The van der Waals surface area contributed by atoms with E-state index < -0.39 is 36.8 Å². The van der Waals surface area contributed by atoms with E-state index in [0.29, 0.717) is 0 Å². The molecule has 1 aliphatic rings. The van der Waals surface area contributed by atoms with Gasteiger partial charge >= 0.3 is 0 Å². The third kappa shape index (κ3) is 1.69. The Morgan fingerprint density at radius 2 is 1.69 bits per heavy atom. The Morgan fingerprint density at radius 3 is 2.15 bits per heavy atom. The maximum atomic E-state index is 9.38. The van der Waals surface area contributed by atoms with Crippen molar-refractivity contribution < 1.29 is 30.3 Å².